The van der Waals surface area contributed by atoms with Crippen molar-refractivity contribution >= 4 is 28.4 Å². The maximum absolute atomic E-state index is 12.5. The molecular formula is C13H10F3IN2. The van der Waals surface area contributed by atoms with E-state index in [9.17, 15) is 13.2 Å². The van der Waals surface area contributed by atoms with Crippen LogP contribution in [-0.2, 0) is 12.7 Å². The minimum absolute atomic E-state index is 0.303. The average Bonchev–Trinajstić information content (AvgIpc) is 2.37. The lowest BCUT2D eigenvalue weighted by atomic mass is 10.1. The fourth-order valence-corrected chi connectivity index (χ4v) is 1.85. The van der Waals surface area contributed by atoms with Crippen LogP contribution in [0.1, 0.15) is 11.1 Å². The molecule has 0 amide bonds. The molecule has 1 heterocycles. The van der Waals surface area contributed by atoms with Gasteiger partial charge < -0.3 is 5.32 Å². The normalized spacial score (nSPS) is 11.4. The molecule has 0 saturated carbocycles. The molecule has 0 bridgehead atoms. The molecule has 0 fully saturated rings. The van der Waals surface area contributed by atoms with Crippen LogP contribution in [0.5, 0.6) is 0 Å². The van der Waals surface area contributed by atoms with Crippen LogP contribution in [0.25, 0.3) is 0 Å². The molecule has 1 aromatic heterocycles. The van der Waals surface area contributed by atoms with Crippen molar-refractivity contribution in [1.82, 2.24) is 4.98 Å². The Morgan fingerprint density at radius 3 is 2.58 bits per heavy atom. The average molecular weight is 378 g/mol. The molecule has 1 N–H and O–H groups in total. The smallest absolute Gasteiger partial charge is 0.366 e. The van der Waals surface area contributed by atoms with E-state index in [0.717, 1.165) is 15.7 Å². The van der Waals surface area contributed by atoms with Gasteiger partial charge in [-0.25, -0.2) is 4.98 Å². The zero-order valence-electron chi connectivity index (χ0n) is 9.71. The molecule has 0 aliphatic carbocycles. The molecule has 19 heavy (non-hydrogen) atoms. The fraction of sp³-hybridized carbons (Fsp3) is 0.154. The number of halogens is 4. The first-order valence-electron chi connectivity index (χ1n) is 5.47. The number of aromatic nitrogens is 1. The number of hydrogen-bond donors (Lipinski definition) is 1. The highest BCUT2D eigenvalue weighted by Gasteiger charge is 2.30. The van der Waals surface area contributed by atoms with Gasteiger partial charge in [-0.2, -0.15) is 13.2 Å². The molecule has 100 valence electrons. The quantitative estimate of drug-likeness (QED) is 0.805. The third-order valence-electron chi connectivity index (χ3n) is 2.46. The standard InChI is InChI=1S/C13H10F3IN2/c14-13(15,16)10-3-1-2-9(6-10)7-18-12-5-4-11(17)8-19-12/h1-6,8H,7H2,(H,18,19). The van der Waals surface area contributed by atoms with Gasteiger partial charge >= 0.3 is 6.18 Å². The van der Waals surface area contributed by atoms with Crippen molar-refractivity contribution < 1.29 is 13.2 Å². The lowest BCUT2D eigenvalue weighted by molar-refractivity contribution is -0.137. The summed E-state index contributed by atoms with van der Waals surface area (Å²) >= 11 is 2.13. The van der Waals surface area contributed by atoms with Gasteiger partial charge in [0.2, 0.25) is 0 Å². The highest BCUT2D eigenvalue weighted by atomic mass is 127. The van der Waals surface area contributed by atoms with Crippen LogP contribution in [0.3, 0.4) is 0 Å². The SMILES string of the molecule is FC(F)(F)c1cccc(CNc2ccc(I)cn2)c1. The first kappa shape index (κ1) is 14.1. The van der Waals surface area contributed by atoms with E-state index >= 15 is 0 Å². The Morgan fingerprint density at radius 2 is 1.95 bits per heavy atom. The van der Waals surface area contributed by atoms with E-state index in [1.807, 2.05) is 6.07 Å². The summed E-state index contributed by atoms with van der Waals surface area (Å²) in [6, 6.07) is 8.92. The van der Waals surface area contributed by atoms with Crippen LogP contribution in [-0.4, -0.2) is 4.98 Å². The topological polar surface area (TPSA) is 24.9 Å². The number of rotatable bonds is 3. The van der Waals surface area contributed by atoms with Crippen LogP contribution >= 0.6 is 22.6 Å². The van der Waals surface area contributed by atoms with Crippen LogP contribution in [0.15, 0.2) is 42.6 Å². The van der Waals surface area contributed by atoms with Gasteiger partial charge in [-0.05, 0) is 52.4 Å². The van der Waals surface area contributed by atoms with Gasteiger partial charge in [-0.3, -0.25) is 0 Å². The Labute approximate surface area is 122 Å². The van der Waals surface area contributed by atoms with Crippen molar-refractivity contribution in [3.63, 3.8) is 0 Å². The molecular weight excluding hydrogens is 368 g/mol. The molecule has 0 aliphatic heterocycles. The van der Waals surface area contributed by atoms with Gasteiger partial charge in [0.05, 0.1) is 5.56 Å². The minimum Gasteiger partial charge on any atom is -0.366 e. The summed E-state index contributed by atoms with van der Waals surface area (Å²) in [7, 11) is 0. The zero-order valence-corrected chi connectivity index (χ0v) is 11.9. The molecule has 1 aromatic carbocycles. The van der Waals surface area contributed by atoms with E-state index in [1.165, 1.54) is 6.07 Å². The van der Waals surface area contributed by atoms with Crippen molar-refractivity contribution in [3.05, 3.63) is 57.3 Å². The maximum Gasteiger partial charge on any atom is 0.416 e. The monoisotopic (exact) mass is 378 g/mol. The summed E-state index contributed by atoms with van der Waals surface area (Å²) in [4.78, 5) is 4.12. The lowest BCUT2D eigenvalue weighted by Crippen LogP contribution is -2.07. The molecule has 0 atom stereocenters. The number of benzene rings is 1. The highest BCUT2D eigenvalue weighted by Crippen LogP contribution is 2.29. The zero-order chi connectivity index (χ0) is 13.9. The van der Waals surface area contributed by atoms with E-state index < -0.39 is 11.7 Å². The Bertz CT molecular complexity index is 553. The van der Waals surface area contributed by atoms with Crippen molar-refractivity contribution in [2.45, 2.75) is 12.7 Å². The van der Waals surface area contributed by atoms with Crippen molar-refractivity contribution in [2.24, 2.45) is 0 Å². The molecule has 0 radical (unpaired) electrons. The summed E-state index contributed by atoms with van der Waals surface area (Å²) in [5, 5.41) is 2.99. The van der Waals surface area contributed by atoms with Crippen molar-refractivity contribution in [1.29, 1.82) is 0 Å². The van der Waals surface area contributed by atoms with E-state index in [-0.39, 0.29) is 0 Å². The fourth-order valence-electron chi connectivity index (χ4n) is 1.53. The second kappa shape index (κ2) is 5.77. The maximum atomic E-state index is 12.5. The van der Waals surface area contributed by atoms with Gasteiger partial charge in [-0.1, -0.05) is 12.1 Å². The van der Waals surface area contributed by atoms with Gasteiger partial charge in [0.1, 0.15) is 5.82 Å². The Kier molecular flexibility index (Phi) is 4.28. The number of alkyl halides is 3. The summed E-state index contributed by atoms with van der Waals surface area (Å²) in [5.74, 6) is 0.637. The molecule has 0 spiro atoms. The molecule has 2 nitrogen and oxygen atoms in total. The Hall–Kier alpha value is -1.31. The predicted octanol–water partition coefficient (Wildman–Crippen LogP) is 4.32. The van der Waals surface area contributed by atoms with E-state index in [0.29, 0.717) is 17.9 Å². The lowest BCUT2D eigenvalue weighted by Gasteiger charge is -2.09. The van der Waals surface area contributed by atoms with Crippen LogP contribution in [0.4, 0.5) is 19.0 Å². The molecule has 0 saturated heterocycles. The Balaban J connectivity index is 2.05. The summed E-state index contributed by atoms with van der Waals surface area (Å²) in [5.41, 5.74) is -0.0717. The van der Waals surface area contributed by atoms with Gasteiger partial charge in [0.15, 0.2) is 0 Å². The second-order valence-electron chi connectivity index (χ2n) is 3.91. The van der Waals surface area contributed by atoms with Crippen molar-refractivity contribution in [2.75, 3.05) is 5.32 Å². The first-order chi connectivity index (χ1) is 8.95. The predicted molar refractivity (Wildman–Crippen MR) is 75.7 cm³/mol. The number of nitrogens with zero attached hydrogens (tertiary/aromatic N) is 1. The van der Waals surface area contributed by atoms with E-state index in [4.69, 9.17) is 0 Å². The van der Waals surface area contributed by atoms with Crippen LogP contribution in [0.2, 0.25) is 0 Å². The van der Waals surface area contributed by atoms with Gasteiger partial charge in [0, 0.05) is 16.3 Å². The minimum atomic E-state index is -4.31. The summed E-state index contributed by atoms with van der Waals surface area (Å²) < 4.78 is 38.6. The third kappa shape index (κ3) is 4.09. The Morgan fingerprint density at radius 1 is 1.16 bits per heavy atom. The van der Waals surface area contributed by atoms with Crippen LogP contribution < -0.4 is 5.32 Å². The number of anilines is 1. The molecule has 2 aromatic rings. The summed E-state index contributed by atoms with van der Waals surface area (Å²) in [6.45, 7) is 0.303. The van der Waals surface area contributed by atoms with E-state index in [1.54, 1.807) is 18.3 Å². The number of nitrogens with one attached hydrogen (secondary N) is 1. The second-order valence-corrected chi connectivity index (χ2v) is 5.16. The molecule has 6 heteroatoms. The summed E-state index contributed by atoms with van der Waals surface area (Å²) in [6.07, 6.45) is -2.62. The number of pyridine rings is 1. The van der Waals surface area contributed by atoms with Gasteiger partial charge in [-0.15, -0.1) is 0 Å². The number of hydrogen-bond acceptors (Lipinski definition) is 2. The van der Waals surface area contributed by atoms with Crippen molar-refractivity contribution in [3.8, 4) is 0 Å². The third-order valence-corrected chi connectivity index (χ3v) is 3.09. The van der Waals surface area contributed by atoms with Crippen LogP contribution in [0, 0.1) is 3.57 Å². The van der Waals surface area contributed by atoms with Gasteiger partial charge in [0.25, 0.3) is 0 Å². The largest absolute Gasteiger partial charge is 0.416 e. The van der Waals surface area contributed by atoms with E-state index in [2.05, 4.69) is 32.9 Å². The first-order valence-corrected chi connectivity index (χ1v) is 6.54. The molecule has 0 unspecified atom stereocenters. The molecule has 0 aliphatic rings. The highest BCUT2D eigenvalue weighted by molar-refractivity contribution is 14.1. The molecule has 2 rings (SSSR count).